The lowest BCUT2D eigenvalue weighted by molar-refractivity contribution is 0.167. The van der Waals surface area contributed by atoms with Crippen molar-refractivity contribution in [1.29, 1.82) is 0 Å². The van der Waals surface area contributed by atoms with Crippen LogP contribution in [0.15, 0.2) is 17.3 Å². The Labute approximate surface area is 55.2 Å². The minimum atomic E-state index is 0.427. The van der Waals surface area contributed by atoms with Crippen LogP contribution in [0.4, 0.5) is 0 Å². The SMILES string of the molecule is C=C(C)CO/N=C(/C)N. The molecular weight excluding hydrogens is 116 g/mol. The monoisotopic (exact) mass is 128 g/mol. The first-order valence-electron chi connectivity index (χ1n) is 2.69. The molecule has 0 aromatic carbocycles. The maximum absolute atomic E-state index is 5.17. The lowest BCUT2D eigenvalue weighted by atomic mass is 10.4. The summed E-state index contributed by atoms with van der Waals surface area (Å²) in [6, 6.07) is 0. The van der Waals surface area contributed by atoms with Crippen molar-refractivity contribution in [3.8, 4) is 0 Å². The molecule has 0 heterocycles. The Bertz CT molecular complexity index is 125. The van der Waals surface area contributed by atoms with Crippen LogP contribution in [0.3, 0.4) is 0 Å². The lowest BCUT2D eigenvalue weighted by Gasteiger charge is -1.96. The van der Waals surface area contributed by atoms with Crippen molar-refractivity contribution < 1.29 is 4.84 Å². The predicted molar refractivity (Wildman–Crippen MR) is 38.1 cm³/mol. The molecule has 0 rings (SSSR count). The van der Waals surface area contributed by atoms with Gasteiger partial charge in [0.2, 0.25) is 0 Å². The molecule has 0 aliphatic heterocycles. The van der Waals surface area contributed by atoms with Crippen LogP contribution in [0, 0.1) is 0 Å². The van der Waals surface area contributed by atoms with Gasteiger partial charge in [0.1, 0.15) is 12.4 Å². The molecule has 0 saturated heterocycles. The van der Waals surface area contributed by atoms with Crippen LogP contribution < -0.4 is 5.73 Å². The highest BCUT2D eigenvalue weighted by molar-refractivity contribution is 5.76. The summed E-state index contributed by atoms with van der Waals surface area (Å²) in [6.45, 7) is 7.58. The quantitative estimate of drug-likeness (QED) is 0.265. The molecule has 52 valence electrons. The summed E-state index contributed by atoms with van der Waals surface area (Å²) >= 11 is 0. The standard InChI is InChI=1S/C6H12N2O/c1-5(2)4-9-8-6(3)7/h1,4H2,2-3H3,(H2,7,8). The third-order valence-corrected chi connectivity index (χ3v) is 0.519. The van der Waals surface area contributed by atoms with Crippen molar-refractivity contribution >= 4 is 5.84 Å². The molecule has 2 N–H and O–H groups in total. The fraction of sp³-hybridized carbons (Fsp3) is 0.500. The van der Waals surface area contributed by atoms with Crippen LogP contribution in [0.5, 0.6) is 0 Å². The summed E-state index contributed by atoms with van der Waals surface area (Å²) in [7, 11) is 0. The Balaban J connectivity index is 3.31. The van der Waals surface area contributed by atoms with Gasteiger partial charge in [-0.25, -0.2) is 0 Å². The highest BCUT2D eigenvalue weighted by Gasteiger charge is 1.82. The van der Waals surface area contributed by atoms with Crippen LogP contribution in [0.25, 0.3) is 0 Å². The van der Waals surface area contributed by atoms with E-state index in [1.165, 1.54) is 0 Å². The van der Waals surface area contributed by atoms with Gasteiger partial charge in [0.25, 0.3) is 0 Å². The number of amidine groups is 1. The number of nitrogens with two attached hydrogens (primary N) is 1. The first kappa shape index (κ1) is 8.01. The van der Waals surface area contributed by atoms with E-state index >= 15 is 0 Å². The molecule has 0 fully saturated rings. The number of oxime groups is 1. The fourth-order valence-corrected chi connectivity index (χ4v) is 0.244. The topological polar surface area (TPSA) is 47.6 Å². The second kappa shape index (κ2) is 3.95. The Morgan fingerprint density at radius 2 is 2.22 bits per heavy atom. The Morgan fingerprint density at radius 1 is 1.67 bits per heavy atom. The van der Waals surface area contributed by atoms with Crippen molar-refractivity contribution in [1.82, 2.24) is 0 Å². The van der Waals surface area contributed by atoms with Crippen LogP contribution >= 0.6 is 0 Å². The molecule has 0 radical (unpaired) electrons. The largest absolute Gasteiger partial charge is 0.390 e. The van der Waals surface area contributed by atoms with E-state index in [9.17, 15) is 0 Å². The van der Waals surface area contributed by atoms with Gasteiger partial charge < -0.3 is 10.6 Å². The van der Waals surface area contributed by atoms with Crippen molar-refractivity contribution in [3.05, 3.63) is 12.2 Å². The van der Waals surface area contributed by atoms with Crippen LogP contribution in [0.1, 0.15) is 13.8 Å². The van der Waals surface area contributed by atoms with E-state index < -0.39 is 0 Å². The molecule has 0 aliphatic rings. The molecule has 0 bridgehead atoms. The summed E-state index contributed by atoms with van der Waals surface area (Å²) in [5.74, 6) is 0.427. The van der Waals surface area contributed by atoms with E-state index in [1.54, 1.807) is 6.92 Å². The van der Waals surface area contributed by atoms with E-state index in [4.69, 9.17) is 10.6 Å². The minimum Gasteiger partial charge on any atom is -0.390 e. The van der Waals surface area contributed by atoms with Gasteiger partial charge in [0.15, 0.2) is 0 Å². The third-order valence-electron chi connectivity index (χ3n) is 0.519. The molecular formula is C6H12N2O. The second-order valence-corrected chi connectivity index (χ2v) is 1.96. The zero-order chi connectivity index (χ0) is 7.28. The van der Waals surface area contributed by atoms with E-state index in [-0.39, 0.29) is 0 Å². The Morgan fingerprint density at radius 3 is 2.56 bits per heavy atom. The summed E-state index contributed by atoms with van der Waals surface area (Å²) in [6.07, 6.45) is 0. The highest BCUT2D eigenvalue weighted by Crippen LogP contribution is 1.87. The molecule has 0 aliphatic carbocycles. The molecule has 0 spiro atoms. The van der Waals surface area contributed by atoms with Crippen LogP contribution in [-0.2, 0) is 4.84 Å². The van der Waals surface area contributed by atoms with Crippen molar-refractivity contribution in [2.75, 3.05) is 6.61 Å². The van der Waals surface area contributed by atoms with Crippen molar-refractivity contribution in [3.63, 3.8) is 0 Å². The molecule has 0 unspecified atom stereocenters. The first-order valence-corrected chi connectivity index (χ1v) is 2.69. The average molecular weight is 128 g/mol. The maximum Gasteiger partial charge on any atom is 0.137 e. The number of hydrogen-bond donors (Lipinski definition) is 1. The van der Waals surface area contributed by atoms with E-state index in [1.807, 2.05) is 6.92 Å². The van der Waals surface area contributed by atoms with E-state index in [2.05, 4.69) is 11.7 Å². The predicted octanol–water partition coefficient (Wildman–Crippen LogP) is 0.871. The van der Waals surface area contributed by atoms with Gasteiger partial charge in [-0.15, -0.1) is 0 Å². The minimum absolute atomic E-state index is 0.427. The van der Waals surface area contributed by atoms with E-state index in [0.717, 1.165) is 5.57 Å². The lowest BCUT2D eigenvalue weighted by Crippen LogP contribution is -2.06. The molecule has 0 aromatic heterocycles. The zero-order valence-corrected chi connectivity index (χ0v) is 5.85. The fourth-order valence-electron chi connectivity index (χ4n) is 0.244. The highest BCUT2D eigenvalue weighted by atomic mass is 16.6. The van der Waals surface area contributed by atoms with Gasteiger partial charge in [-0.05, 0) is 19.4 Å². The van der Waals surface area contributed by atoms with Crippen molar-refractivity contribution in [2.24, 2.45) is 10.9 Å². The smallest absolute Gasteiger partial charge is 0.137 e. The average Bonchev–Trinajstić information content (AvgIpc) is 1.63. The molecule has 0 atom stereocenters. The van der Waals surface area contributed by atoms with Gasteiger partial charge in [0, 0.05) is 0 Å². The number of rotatable bonds is 3. The molecule has 3 nitrogen and oxygen atoms in total. The van der Waals surface area contributed by atoms with Gasteiger partial charge in [-0.3, -0.25) is 0 Å². The van der Waals surface area contributed by atoms with Gasteiger partial charge in [0.05, 0.1) is 0 Å². The summed E-state index contributed by atoms with van der Waals surface area (Å²) in [4.78, 5) is 4.72. The van der Waals surface area contributed by atoms with Gasteiger partial charge >= 0.3 is 0 Å². The molecule has 0 amide bonds. The molecule has 3 heteroatoms. The van der Waals surface area contributed by atoms with Gasteiger partial charge in [-0.2, -0.15) is 0 Å². The summed E-state index contributed by atoms with van der Waals surface area (Å²) in [5.41, 5.74) is 6.10. The van der Waals surface area contributed by atoms with Crippen molar-refractivity contribution in [2.45, 2.75) is 13.8 Å². The van der Waals surface area contributed by atoms with E-state index in [0.29, 0.717) is 12.4 Å². The Hall–Kier alpha value is -0.990. The maximum atomic E-state index is 5.17. The first-order chi connectivity index (χ1) is 4.13. The molecule has 0 saturated carbocycles. The van der Waals surface area contributed by atoms with Crippen LogP contribution in [-0.4, -0.2) is 12.4 Å². The van der Waals surface area contributed by atoms with Gasteiger partial charge in [-0.1, -0.05) is 11.7 Å². The molecule has 0 aromatic rings. The number of nitrogens with zero attached hydrogens (tertiary/aromatic N) is 1. The van der Waals surface area contributed by atoms with Crippen LogP contribution in [0.2, 0.25) is 0 Å². The third kappa shape index (κ3) is 7.01. The normalized spacial score (nSPS) is 11.1. The summed E-state index contributed by atoms with van der Waals surface area (Å²) < 4.78 is 0. The zero-order valence-electron chi connectivity index (χ0n) is 5.85. The summed E-state index contributed by atoms with van der Waals surface area (Å²) in [5, 5.41) is 3.50. The number of hydrogen-bond acceptors (Lipinski definition) is 2. The molecule has 9 heavy (non-hydrogen) atoms. The Kier molecular flexibility index (Phi) is 3.51. The second-order valence-electron chi connectivity index (χ2n) is 1.96.